The fourth-order valence-electron chi connectivity index (χ4n) is 1.50. The molecule has 0 fully saturated rings. The molecule has 0 saturated heterocycles. The Bertz CT molecular complexity index is 728. The number of hydrogen-bond donors (Lipinski definition) is 2. The minimum Gasteiger partial charge on any atom is -0.482 e. The van der Waals surface area contributed by atoms with Crippen molar-refractivity contribution in [3.05, 3.63) is 50.1 Å². The number of carbonyl (C=O) groups excluding carboxylic acids is 1. The minimum atomic E-state index is -0.418. The first-order valence-electron chi connectivity index (χ1n) is 6.24. The van der Waals surface area contributed by atoms with Gasteiger partial charge in [0.1, 0.15) is 11.6 Å². The van der Waals surface area contributed by atoms with E-state index in [0.29, 0.717) is 21.6 Å². The minimum absolute atomic E-state index is 0.134. The summed E-state index contributed by atoms with van der Waals surface area (Å²) in [5.41, 5.74) is 0. The van der Waals surface area contributed by atoms with Gasteiger partial charge in [0.25, 0.3) is 5.91 Å². The van der Waals surface area contributed by atoms with Gasteiger partial charge in [-0.05, 0) is 65.1 Å². The van der Waals surface area contributed by atoms with Crippen LogP contribution in [0.2, 0.25) is 10.0 Å². The van der Waals surface area contributed by atoms with Crippen molar-refractivity contribution >= 4 is 74.8 Å². The van der Waals surface area contributed by atoms with E-state index in [0.717, 1.165) is 3.57 Å². The van der Waals surface area contributed by atoms with Gasteiger partial charge >= 0.3 is 0 Å². The van der Waals surface area contributed by atoms with Crippen LogP contribution in [0.3, 0.4) is 0 Å². The summed E-state index contributed by atoms with van der Waals surface area (Å²) in [6.45, 7) is -0.233. The molecule has 0 radical (unpaired) electrons. The van der Waals surface area contributed by atoms with E-state index in [2.05, 4.69) is 38.2 Å². The van der Waals surface area contributed by atoms with E-state index in [1.54, 1.807) is 24.4 Å². The molecule has 0 aliphatic rings. The van der Waals surface area contributed by atoms with Crippen LogP contribution in [0.1, 0.15) is 0 Å². The van der Waals surface area contributed by atoms with Gasteiger partial charge in [-0.25, -0.2) is 4.98 Å². The second-order valence-corrected chi connectivity index (χ2v) is 6.72. The Morgan fingerprint density at radius 3 is 2.74 bits per heavy atom. The van der Waals surface area contributed by atoms with Crippen molar-refractivity contribution in [3.8, 4) is 5.75 Å². The number of halogens is 3. The lowest BCUT2D eigenvalue weighted by Crippen LogP contribution is -2.37. The van der Waals surface area contributed by atoms with Crippen LogP contribution in [0.5, 0.6) is 5.75 Å². The van der Waals surface area contributed by atoms with Gasteiger partial charge in [-0.1, -0.05) is 23.2 Å². The molecule has 9 heteroatoms. The van der Waals surface area contributed by atoms with Crippen molar-refractivity contribution in [2.45, 2.75) is 0 Å². The maximum absolute atomic E-state index is 11.8. The number of nitrogens with one attached hydrogen (secondary N) is 2. The Morgan fingerprint density at radius 2 is 2.09 bits per heavy atom. The molecule has 2 N–H and O–H groups in total. The highest BCUT2D eigenvalue weighted by Crippen LogP contribution is 2.27. The predicted molar refractivity (Wildman–Crippen MR) is 103 cm³/mol. The van der Waals surface area contributed by atoms with Crippen LogP contribution in [-0.4, -0.2) is 22.6 Å². The molecule has 1 aromatic heterocycles. The zero-order valence-electron chi connectivity index (χ0n) is 11.5. The largest absolute Gasteiger partial charge is 0.482 e. The van der Waals surface area contributed by atoms with Crippen LogP contribution in [0.15, 0.2) is 36.5 Å². The van der Waals surface area contributed by atoms with Crippen LogP contribution >= 0.6 is 58.0 Å². The molecule has 0 unspecified atom stereocenters. The summed E-state index contributed by atoms with van der Waals surface area (Å²) in [5.74, 6) is 0.487. The van der Waals surface area contributed by atoms with E-state index in [1.165, 1.54) is 6.07 Å². The number of hydrogen-bond acceptors (Lipinski definition) is 4. The van der Waals surface area contributed by atoms with Gasteiger partial charge in [0, 0.05) is 14.8 Å². The first kappa shape index (κ1) is 18.2. The van der Waals surface area contributed by atoms with E-state index >= 15 is 0 Å². The van der Waals surface area contributed by atoms with E-state index in [9.17, 15) is 4.79 Å². The molecule has 1 heterocycles. The molecule has 2 aromatic rings. The van der Waals surface area contributed by atoms with Crippen molar-refractivity contribution in [2.24, 2.45) is 0 Å². The van der Waals surface area contributed by atoms with Gasteiger partial charge in [0.15, 0.2) is 11.7 Å². The topological polar surface area (TPSA) is 63.2 Å². The number of aromatic nitrogens is 1. The number of benzene rings is 1. The number of thiocarbonyl (C=S) groups is 1. The van der Waals surface area contributed by atoms with Crippen LogP contribution in [0, 0.1) is 3.57 Å². The molecule has 0 spiro atoms. The third-order valence-electron chi connectivity index (χ3n) is 2.47. The fraction of sp³-hybridized carbons (Fsp3) is 0.0714. The molecule has 1 aromatic carbocycles. The van der Waals surface area contributed by atoms with Gasteiger partial charge in [-0.3, -0.25) is 10.1 Å². The number of rotatable bonds is 4. The molecule has 5 nitrogen and oxygen atoms in total. The third kappa shape index (κ3) is 6.09. The second-order valence-electron chi connectivity index (χ2n) is 4.23. The summed E-state index contributed by atoms with van der Waals surface area (Å²) in [6, 6.07) is 8.36. The van der Waals surface area contributed by atoms with E-state index in [1.807, 2.05) is 6.07 Å². The van der Waals surface area contributed by atoms with E-state index < -0.39 is 5.91 Å². The number of amides is 1. The number of nitrogens with zero attached hydrogens (tertiary/aromatic N) is 1. The number of ether oxygens (including phenoxy) is 1. The average Bonchev–Trinajstić information content (AvgIpc) is 2.48. The zero-order chi connectivity index (χ0) is 16.8. The molecular formula is C14H10Cl2IN3O2S. The van der Waals surface area contributed by atoms with Gasteiger partial charge in [-0.2, -0.15) is 0 Å². The smallest absolute Gasteiger partial charge is 0.264 e. The summed E-state index contributed by atoms with van der Waals surface area (Å²) in [4.78, 5) is 15.9. The summed E-state index contributed by atoms with van der Waals surface area (Å²) >= 11 is 18.9. The SMILES string of the molecule is O=C(COc1ccc(Cl)cc1Cl)NC(=S)Nc1ccc(I)cn1. The second kappa shape index (κ2) is 8.62. The summed E-state index contributed by atoms with van der Waals surface area (Å²) in [5, 5.41) is 6.24. The van der Waals surface area contributed by atoms with Gasteiger partial charge in [0.2, 0.25) is 0 Å². The standard InChI is InChI=1S/C14H10Cl2IN3O2S/c15-8-1-3-11(10(16)5-8)22-7-13(21)20-14(23)19-12-4-2-9(17)6-18-12/h1-6H,7H2,(H2,18,19,20,21,23). The molecule has 1 amide bonds. The van der Waals surface area contributed by atoms with Gasteiger partial charge < -0.3 is 10.1 Å². The first-order valence-corrected chi connectivity index (χ1v) is 8.48. The highest BCUT2D eigenvalue weighted by Gasteiger charge is 2.08. The number of anilines is 1. The Labute approximate surface area is 161 Å². The van der Waals surface area contributed by atoms with Crippen LogP contribution < -0.4 is 15.4 Å². The maximum atomic E-state index is 11.8. The lowest BCUT2D eigenvalue weighted by molar-refractivity contribution is -0.121. The summed E-state index contributed by atoms with van der Waals surface area (Å²) in [6.07, 6.45) is 1.68. The maximum Gasteiger partial charge on any atom is 0.264 e. The Balaban J connectivity index is 1.82. The fourth-order valence-corrected chi connectivity index (χ4v) is 2.50. The summed E-state index contributed by atoms with van der Waals surface area (Å²) < 4.78 is 6.31. The number of pyridine rings is 1. The molecule has 0 saturated carbocycles. The molecule has 0 aliphatic carbocycles. The van der Waals surface area contributed by atoms with Crippen molar-refractivity contribution in [2.75, 3.05) is 11.9 Å². The molecule has 0 bridgehead atoms. The summed E-state index contributed by atoms with van der Waals surface area (Å²) in [7, 11) is 0. The Morgan fingerprint density at radius 1 is 1.30 bits per heavy atom. The van der Waals surface area contributed by atoms with E-state index in [4.69, 9.17) is 40.2 Å². The first-order chi connectivity index (χ1) is 10.9. The monoisotopic (exact) mass is 481 g/mol. The van der Waals surface area contributed by atoms with Crippen molar-refractivity contribution in [1.82, 2.24) is 10.3 Å². The lowest BCUT2D eigenvalue weighted by Gasteiger charge is -2.10. The van der Waals surface area contributed by atoms with Gasteiger partial charge in [-0.15, -0.1) is 0 Å². The van der Waals surface area contributed by atoms with Crippen molar-refractivity contribution in [3.63, 3.8) is 0 Å². The molecular weight excluding hydrogens is 472 g/mol. The van der Waals surface area contributed by atoms with E-state index in [-0.39, 0.29) is 11.7 Å². The molecule has 0 atom stereocenters. The highest BCUT2D eigenvalue weighted by atomic mass is 127. The normalized spacial score (nSPS) is 10.0. The predicted octanol–water partition coefficient (Wildman–Crippen LogP) is 3.89. The van der Waals surface area contributed by atoms with Gasteiger partial charge in [0.05, 0.1) is 5.02 Å². The highest BCUT2D eigenvalue weighted by molar-refractivity contribution is 14.1. The van der Waals surface area contributed by atoms with Crippen molar-refractivity contribution < 1.29 is 9.53 Å². The molecule has 2 rings (SSSR count). The molecule has 23 heavy (non-hydrogen) atoms. The third-order valence-corrected chi connectivity index (χ3v) is 3.85. The molecule has 0 aliphatic heterocycles. The Hall–Kier alpha value is -1.16. The van der Waals surface area contributed by atoms with Crippen LogP contribution in [0.25, 0.3) is 0 Å². The number of carbonyl (C=O) groups is 1. The average molecular weight is 482 g/mol. The zero-order valence-corrected chi connectivity index (χ0v) is 16.0. The quantitative estimate of drug-likeness (QED) is 0.512. The van der Waals surface area contributed by atoms with Crippen molar-refractivity contribution in [1.29, 1.82) is 0 Å². The molecule has 120 valence electrons. The Kier molecular flexibility index (Phi) is 6.82. The van der Waals surface area contributed by atoms with Crippen LogP contribution in [-0.2, 0) is 4.79 Å². The van der Waals surface area contributed by atoms with Crippen LogP contribution in [0.4, 0.5) is 5.82 Å². The lowest BCUT2D eigenvalue weighted by atomic mass is 10.3.